The molecule has 5 nitrogen and oxygen atoms in total. The average molecular weight is 278 g/mol. The highest BCUT2D eigenvalue weighted by Crippen LogP contribution is 2.29. The van der Waals surface area contributed by atoms with E-state index >= 15 is 0 Å². The van der Waals surface area contributed by atoms with Crippen molar-refractivity contribution in [1.82, 2.24) is 9.80 Å². The molecule has 1 fully saturated rings. The first-order chi connectivity index (χ1) is 9.58. The van der Waals surface area contributed by atoms with Crippen molar-refractivity contribution in [2.24, 2.45) is 0 Å². The van der Waals surface area contributed by atoms with Crippen molar-refractivity contribution in [2.45, 2.75) is 26.3 Å². The lowest BCUT2D eigenvalue weighted by Gasteiger charge is -2.26. The minimum Gasteiger partial charge on any atom is -0.507 e. The van der Waals surface area contributed by atoms with Gasteiger partial charge in [-0.05, 0) is 31.6 Å². The quantitative estimate of drug-likeness (QED) is 0.879. The first kappa shape index (κ1) is 14.7. The highest BCUT2D eigenvalue weighted by atomic mass is 16.3. The van der Waals surface area contributed by atoms with Gasteiger partial charge in [-0.2, -0.15) is 0 Å². The van der Waals surface area contributed by atoms with E-state index in [1.54, 1.807) is 4.90 Å². The lowest BCUT2D eigenvalue weighted by molar-refractivity contribution is 0.0772. The molecular weight excluding hydrogens is 256 g/mol. The number of aromatic hydroxyl groups is 2. The molecule has 0 saturated carbocycles. The number of phenols is 2. The molecule has 110 valence electrons. The van der Waals surface area contributed by atoms with Crippen LogP contribution in [0.5, 0.6) is 11.5 Å². The molecule has 1 aromatic carbocycles. The van der Waals surface area contributed by atoms with Gasteiger partial charge in [0.25, 0.3) is 5.91 Å². The van der Waals surface area contributed by atoms with Gasteiger partial charge in [0.1, 0.15) is 17.1 Å². The fourth-order valence-electron chi connectivity index (χ4n) is 2.87. The van der Waals surface area contributed by atoms with Gasteiger partial charge < -0.3 is 15.1 Å². The third-order valence-corrected chi connectivity index (χ3v) is 4.01. The second-order valence-corrected chi connectivity index (χ2v) is 5.09. The van der Waals surface area contributed by atoms with Crippen LogP contribution in [0.2, 0.25) is 0 Å². The van der Waals surface area contributed by atoms with Crippen molar-refractivity contribution < 1.29 is 15.0 Å². The minimum absolute atomic E-state index is 0.00713. The van der Waals surface area contributed by atoms with Gasteiger partial charge in [-0.15, -0.1) is 0 Å². The third kappa shape index (κ3) is 2.72. The smallest absolute Gasteiger partial charge is 0.261 e. The Hall–Kier alpha value is -1.75. The largest absolute Gasteiger partial charge is 0.507 e. The molecule has 1 unspecified atom stereocenters. The average Bonchev–Trinajstić information content (AvgIpc) is 2.89. The second kappa shape index (κ2) is 6.13. The molecular formula is C15H22N2O3. The maximum atomic E-state index is 12.4. The highest BCUT2D eigenvalue weighted by molar-refractivity contribution is 5.99. The van der Waals surface area contributed by atoms with Gasteiger partial charge in [0.15, 0.2) is 0 Å². The summed E-state index contributed by atoms with van der Waals surface area (Å²) in [5.74, 6) is -0.627. The van der Waals surface area contributed by atoms with Gasteiger partial charge in [-0.1, -0.05) is 19.9 Å². The van der Waals surface area contributed by atoms with E-state index in [4.69, 9.17) is 0 Å². The van der Waals surface area contributed by atoms with Crippen molar-refractivity contribution in [3.8, 4) is 11.5 Å². The molecule has 2 rings (SSSR count). The standard InChI is InChI=1S/C15H22N2O3/c1-3-16(4-2)11-8-9-17(10-11)15(20)14-12(18)6-5-7-13(14)19/h5-7,11,18-19H,3-4,8-10H2,1-2H3. The Morgan fingerprint density at radius 1 is 1.30 bits per heavy atom. The van der Waals surface area contributed by atoms with E-state index in [0.29, 0.717) is 19.1 Å². The summed E-state index contributed by atoms with van der Waals surface area (Å²) in [5.41, 5.74) is 0.00713. The van der Waals surface area contributed by atoms with Crippen LogP contribution in [-0.4, -0.2) is 58.1 Å². The number of likely N-dealkylation sites (N-methyl/N-ethyl adjacent to an activating group) is 1. The molecule has 1 aromatic rings. The Labute approximate surface area is 119 Å². The van der Waals surface area contributed by atoms with Crippen molar-refractivity contribution in [3.63, 3.8) is 0 Å². The highest BCUT2D eigenvalue weighted by Gasteiger charge is 2.31. The molecule has 0 aromatic heterocycles. The van der Waals surface area contributed by atoms with Crippen LogP contribution in [0, 0.1) is 0 Å². The molecule has 1 aliphatic heterocycles. The van der Waals surface area contributed by atoms with Crippen LogP contribution in [0.25, 0.3) is 0 Å². The molecule has 1 aliphatic rings. The topological polar surface area (TPSA) is 64.0 Å². The summed E-state index contributed by atoms with van der Waals surface area (Å²) in [4.78, 5) is 16.5. The van der Waals surface area contributed by atoms with Crippen molar-refractivity contribution in [1.29, 1.82) is 0 Å². The van der Waals surface area contributed by atoms with E-state index < -0.39 is 0 Å². The van der Waals surface area contributed by atoms with Gasteiger partial charge in [0.2, 0.25) is 0 Å². The molecule has 0 spiro atoms. The van der Waals surface area contributed by atoms with Gasteiger partial charge in [0.05, 0.1) is 0 Å². The number of hydrogen-bond acceptors (Lipinski definition) is 4. The Morgan fingerprint density at radius 2 is 1.90 bits per heavy atom. The lowest BCUT2D eigenvalue weighted by Crippen LogP contribution is -2.38. The normalized spacial score (nSPS) is 18.8. The first-order valence-electron chi connectivity index (χ1n) is 7.12. The predicted molar refractivity (Wildman–Crippen MR) is 77.0 cm³/mol. The minimum atomic E-state index is -0.296. The summed E-state index contributed by atoms with van der Waals surface area (Å²) < 4.78 is 0. The molecule has 0 bridgehead atoms. The first-order valence-corrected chi connectivity index (χ1v) is 7.12. The number of amides is 1. The number of benzene rings is 1. The van der Waals surface area contributed by atoms with Crippen LogP contribution in [0.15, 0.2) is 18.2 Å². The number of likely N-dealkylation sites (tertiary alicyclic amines) is 1. The summed E-state index contributed by atoms with van der Waals surface area (Å²) in [6.07, 6.45) is 0.932. The summed E-state index contributed by atoms with van der Waals surface area (Å²) in [7, 11) is 0. The lowest BCUT2D eigenvalue weighted by atomic mass is 10.1. The Bertz CT molecular complexity index is 466. The van der Waals surface area contributed by atoms with Crippen LogP contribution in [0.1, 0.15) is 30.6 Å². The van der Waals surface area contributed by atoms with Gasteiger partial charge >= 0.3 is 0 Å². The zero-order valence-electron chi connectivity index (χ0n) is 12.0. The van der Waals surface area contributed by atoms with Gasteiger partial charge in [0, 0.05) is 19.1 Å². The van der Waals surface area contributed by atoms with Crippen molar-refractivity contribution in [2.75, 3.05) is 26.2 Å². The van der Waals surface area contributed by atoms with Crippen LogP contribution >= 0.6 is 0 Å². The molecule has 5 heteroatoms. The zero-order chi connectivity index (χ0) is 14.7. The van der Waals surface area contributed by atoms with E-state index in [-0.39, 0.29) is 23.0 Å². The maximum absolute atomic E-state index is 12.4. The van der Waals surface area contributed by atoms with Crippen LogP contribution in [0.4, 0.5) is 0 Å². The van der Waals surface area contributed by atoms with E-state index in [0.717, 1.165) is 19.5 Å². The molecule has 2 N–H and O–H groups in total. The number of hydrogen-bond donors (Lipinski definition) is 2. The van der Waals surface area contributed by atoms with Crippen molar-refractivity contribution >= 4 is 5.91 Å². The van der Waals surface area contributed by atoms with Crippen LogP contribution in [0.3, 0.4) is 0 Å². The predicted octanol–water partition coefficient (Wildman–Crippen LogP) is 1.65. The summed E-state index contributed by atoms with van der Waals surface area (Å²) in [5, 5.41) is 19.5. The molecule has 1 atom stereocenters. The third-order valence-electron chi connectivity index (χ3n) is 4.01. The fraction of sp³-hybridized carbons (Fsp3) is 0.533. The number of nitrogens with zero attached hydrogens (tertiary/aromatic N) is 2. The Morgan fingerprint density at radius 3 is 2.45 bits per heavy atom. The summed E-state index contributed by atoms with van der Waals surface area (Å²) in [6.45, 7) is 7.46. The Kier molecular flexibility index (Phi) is 4.49. The van der Waals surface area contributed by atoms with Gasteiger partial charge in [-0.3, -0.25) is 9.69 Å². The molecule has 20 heavy (non-hydrogen) atoms. The number of phenolic OH excluding ortho intramolecular Hbond substituents is 2. The summed E-state index contributed by atoms with van der Waals surface area (Å²) >= 11 is 0. The maximum Gasteiger partial charge on any atom is 0.261 e. The van der Waals surface area contributed by atoms with Gasteiger partial charge in [-0.25, -0.2) is 0 Å². The van der Waals surface area contributed by atoms with E-state index in [2.05, 4.69) is 18.7 Å². The van der Waals surface area contributed by atoms with Crippen LogP contribution in [-0.2, 0) is 0 Å². The monoisotopic (exact) mass is 278 g/mol. The second-order valence-electron chi connectivity index (χ2n) is 5.09. The number of carbonyl (C=O) groups is 1. The molecule has 0 radical (unpaired) electrons. The van der Waals surface area contributed by atoms with Crippen molar-refractivity contribution in [3.05, 3.63) is 23.8 Å². The number of carbonyl (C=O) groups excluding carboxylic acids is 1. The summed E-state index contributed by atoms with van der Waals surface area (Å²) in [6, 6.07) is 4.72. The molecule has 1 amide bonds. The Balaban J connectivity index is 2.12. The van der Waals surface area contributed by atoms with E-state index in [1.807, 2.05) is 0 Å². The van der Waals surface area contributed by atoms with E-state index in [9.17, 15) is 15.0 Å². The molecule has 1 heterocycles. The zero-order valence-corrected chi connectivity index (χ0v) is 12.0. The SMILES string of the molecule is CCN(CC)C1CCN(C(=O)c2c(O)cccc2O)C1. The fourth-order valence-corrected chi connectivity index (χ4v) is 2.87. The molecule has 0 aliphatic carbocycles. The number of rotatable bonds is 4. The van der Waals surface area contributed by atoms with Crippen LogP contribution < -0.4 is 0 Å². The molecule has 1 saturated heterocycles. The van der Waals surface area contributed by atoms with E-state index in [1.165, 1.54) is 18.2 Å².